The molecular weight excluding hydrogens is 774 g/mol. The molecule has 0 unspecified atom stereocenters. The third-order valence-corrected chi connectivity index (χ3v) is 9.81. The molecule has 45 heavy (non-hydrogen) atoms. The molecule has 236 valence electrons. The molecule has 0 aromatic heterocycles. The van der Waals surface area contributed by atoms with Gasteiger partial charge in [-0.05, 0) is 99.2 Å². The highest BCUT2D eigenvalue weighted by atomic mass is 79.9. The first-order valence-corrected chi connectivity index (χ1v) is 16.9. The summed E-state index contributed by atoms with van der Waals surface area (Å²) in [6, 6.07) is 16.7. The van der Waals surface area contributed by atoms with Crippen LogP contribution in [0.1, 0.15) is 35.2 Å². The fraction of sp³-hybridized carbons (Fsp3) is 0.312. The van der Waals surface area contributed by atoms with Gasteiger partial charge in [-0.15, -0.1) is 0 Å². The number of nitrogens with one attached hydrogen (secondary N) is 2. The SMILES string of the molecule is Nc1c(Br)cc(C(=O)C[C@@H](NC(=O)COc2ccc(Br)cc2)C(=O)N2CCC(N3CCc4ccccc4NC3=O)CC2)cc1Br. The number of amides is 4. The first kappa shape index (κ1) is 33.0. The lowest BCUT2D eigenvalue weighted by Gasteiger charge is -2.39. The molecule has 1 saturated heterocycles. The molecule has 2 aliphatic heterocycles. The Kier molecular flexibility index (Phi) is 10.8. The number of carbonyl (C=O) groups is 4. The quantitative estimate of drug-likeness (QED) is 0.186. The minimum Gasteiger partial charge on any atom is -0.484 e. The maximum atomic E-state index is 13.8. The van der Waals surface area contributed by atoms with Crippen molar-refractivity contribution in [3.05, 3.63) is 85.2 Å². The Morgan fingerprint density at radius 2 is 1.64 bits per heavy atom. The molecule has 0 aliphatic carbocycles. The van der Waals surface area contributed by atoms with Crippen LogP contribution in [-0.4, -0.2) is 71.8 Å². The number of Topliss-reactive ketones (excluding diaryl/α,β-unsaturated/α-hetero) is 1. The summed E-state index contributed by atoms with van der Waals surface area (Å²) in [4.78, 5) is 56.7. The molecule has 5 rings (SSSR count). The lowest BCUT2D eigenvalue weighted by molar-refractivity contribution is -0.138. The monoisotopic (exact) mass is 803 g/mol. The van der Waals surface area contributed by atoms with E-state index in [-0.39, 0.29) is 36.8 Å². The summed E-state index contributed by atoms with van der Waals surface area (Å²) in [5.74, 6) is -0.731. The Morgan fingerprint density at radius 1 is 0.978 bits per heavy atom. The molecule has 4 N–H and O–H groups in total. The number of hydrogen-bond donors (Lipinski definition) is 3. The van der Waals surface area contributed by atoms with Crippen LogP contribution in [0.5, 0.6) is 5.75 Å². The number of hydrogen-bond acceptors (Lipinski definition) is 6. The number of ketones is 1. The minimum absolute atomic E-state index is 0.0400. The maximum absolute atomic E-state index is 13.8. The smallest absolute Gasteiger partial charge is 0.322 e. The molecule has 1 atom stereocenters. The normalized spacial score (nSPS) is 15.8. The molecule has 1 fully saturated rings. The van der Waals surface area contributed by atoms with E-state index in [4.69, 9.17) is 10.5 Å². The number of rotatable bonds is 9. The number of nitrogen functional groups attached to an aromatic ring is 1. The summed E-state index contributed by atoms with van der Waals surface area (Å²) in [7, 11) is 0. The predicted molar refractivity (Wildman–Crippen MR) is 182 cm³/mol. The van der Waals surface area contributed by atoms with Crippen LogP contribution in [0.15, 0.2) is 74.1 Å². The Labute approximate surface area is 286 Å². The minimum atomic E-state index is -1.11. The highest BCUT2D eigenvalue weighted by Gasteiger charge is 2.35. The van der Waals surface area contributed by atoms with Crippen molar-refractivity contribution in [2.24, 2.45) is 0 Å². The standard InChI is InChI=1S/C32H32Br3N5O5/c33-21-5-7-23(8-6-21)45-18-29(42)37-27(17-28(41)20-15-24(34)30(36)25(35)16-20)31(43)39-12-10-22(11-13-39)40-14-9-19-3-1-2-4-26(19)38-32(40)44/h1-8,15-16,22,27H,9-14,17-18,36H2,(H,37,42)(H,38,44)/t27-/m1/s1. The lowest BCUT2D eigenvalue weighted by atomic mass is 9.99. The van der Waals surface area contributed by atoms with Crippen LogP contribution in [-0.2, 0) is 16.0 Å². The fourth-order valence-electron chi connectivity index (χ4n) is 5.52. The summed E-state index contributed by atoms with van der Waals surface area (Å²) in [5, 5.41) is 5.74. The average Bonchev–Trinajstić information content (AvgIpc) is 3.20. The molecule has 3 aromatic rings. The fourth-order valence-corrected chi connectivity index (χ4v) is 6.97. The van der Waals surface area contributed by atoms with Crippen molar-refractivity contribution in [3.63, 3.8) is 0 Å². The van der Waals surface area contributed by atoms with Gasteiger partial charge < -0.3 is 30.9 Å². The van der Waals surface area contributed by atoms with Crippen LogP contribution < -0.4 is 21.1 Å². The van der Waals surface area contributed by atoms with Gasteiger partial charge in [0, 0.05) is 56.8 Å². The lowest BCUT2D eigenvalue weighted by Crippen LogP contribution is -2.55. The second kappa shape index (κ2) is 14.8. The predicted octanol–water partition coefficient (Wildman–Crippen LogP) is 5.77. The van der Waals surface area contributed by atoms with Crippen LogP contribution in [0.4, 0.5) is 16.2 Å². The second-order valence-corrected chi connectivity index (χ2v) is 13.6. The number of nitrogens with two attached hydrogens (primary N) is 1. The van der Waals surface area contributed by atoms with Crippen LogP contribution in [0.25, 0.3) is 0 Å². The molecule has 2 heterocycles. The van der Waals surface area contributed by atoms with Crippen molar-refractivity contribution in [2.45, 2.75) is 37.8 Å². The van der Waals surface area contributed by atoms with Gasteiger partial charge in [0.05, 0.1) is 5.69 Å². The van der Waals surface area contributed by atoms with E-state index in [1.165, 1.54) is 0 Å². The van der Waals surface area contributed by atoms with Crippen molar-refractivity contribution in [2.75, 3.05) is 37.3 Å². The highest BCUT2D eigenvalue weighted by molar-refractivity contribution is 9.11. The summed E-state index contributed by atoms with van der Waals surface area (Å²) < 4.78 is 7.54. The van der Waals surface area contributed by atoms with Crippen molar-refractivity contribution in [1.29, 1.82) is 0 Å². The van der Waals surface area contributed by atoms with Gasteiger partial charge >= 0.3 is 6.03 Å². The van der Waals surface area contributed by atoms with Crippen LogP contribution >= 0.6 is 47.8 Å². The molecule has 4 amide bonds. The van der Waals surface area contributed by atoms with E-state index in [0.717, 1.165) is 22.1 Å². The molecule has 13 heteroatoms. The van der Waals surface area contributed by atoms with Gasteiger partial charge in [0.25, 0.3) is 5.91 Å². The van der Waals surface area contributed by atoms with E-state index < -0.39 is 11.9 Å². The number of fused-ring (bicyclic) bond motifs is 1. The Morgan fingerprint density at radius 3 is 2.33 bits per heavy atom. The molecule has 0 bridgehead atoms. The number of likely N-dealkylation sites (tertiary alicyclic amines) is 1. The van der Waals surface area contributed by atoms with E-state index in [1.54, 1.807) is 41.3 Å². The maximum Gasteiger partial charge on any atom is 0.322 e. The first-order valence-electron chi connectivity index (χ1n) is 14.5. The van der Waals surface area contributed by atoms with Crippen LogP contribution in [0.2, 0.25) is 0 Å². The van der Waals surface area contributed by atoms with E-state index in [1.807, 2.05) is 29.2 Å². The zero-order valence-corrected chi connectivity index (χ0v) is 29.0. The van der Waals surface area contributed by atoms with E-state index in [2.05, 4.69) is 58.4 Å². The second-order valence-electron chi connectivity index (χ2n) is 10.9. The van der Waals surface area contributed by atoms with Crippen molar-refractivity contribution in [3.8, 4) is 5.75 Å². The zero-order valence-electron chi connectivity index (χ0n) is 24.2. The number of carbonyl (C=O) groups excluding carboxylic acids is 4. The van der Waals surface area contributed by atoms with Crippen molar-refractivity contribution < 1.29 is 23.9 Å². The zero-order chi connectivity index (χ0) is 32.1. The van der Waals surface area contributed by atoms with Gasteiger partial charge in [0.15, 0.2) is 12.4 Å². The number of ether oxygens (including phenoxy) is 1. The van der Waals surface area contributed by atoms with Crippen LogP contribution in [0.3, 0.4) is 0 Å². The summed E-state index contributed by atoms with van der Waals surface area (Å²) in [6.45, 7) is 1.02. The Bertz CT molecular complexity index is 1570. The van der Waals surface area contributed by atoms with Gasteiger partial charge in [0.1, 0.15) is 11.8 Å². The van der Waals surface area contributed by atoms with Gasteiger partial charge in [-0.2, -0.15) is 0 Å². The van der Waals surface area contributed by atoms with Crippen molar-refractivity contribution in [1.82, 2.24) is 15.1 Å². The largest absolute Gasteiger partial charge is 0.484 e. The average molecular weight is 806 g/mol. The molecule has 3 aromatic carbocycles. The van der Waals surface area contributed by atoms with Gasteiger partial charge in [-0.1, -0.05) is 34.1 Å². The van der Waals surface area contributed by atoms with E-state index in [0.29, 0.717) is 58.4 Å². The van der Waals surface area contributed by atoms with Gasteiger partial charge in [-0.3, -0.25) is 14.4 Å². The molecular formula is C32H32Br3N5O5. The number of nitrogens with zero attached hydrogens (tertiary/aromatic N) is 2. The Hall–Kier alpha value is -3.42. The summed E-state index contributed by atoms with van der Waals surface area (Å²) in [6.07, 6.45) is 1.64. The van der Waals surface area contributed by atoms with E-state index in [9.17, 15) is 19.2 Å². The topological polar surface area (TPSA) is 134 Å². The van der Waals surface area contributed by atoms with Gasteiger partial charge in [-0.25, -0.2) is 4.79 Å². The first-order chi connectivity index (χ1) is 21.6. The number of urea groups is 1. The van der Waals surface area contributed by atoms with Crippen molar-refractivity contribution >= 4 is 82.8 Å². The third-order valence-electron chi connectivity index (χ3n) is 7.97. The molecule has 0 saturated carbocycles. The number of benzene rings is 3. The number of anilines is 2. The number of halogens is 3. The number of piperidine rings is 1. The summed E-state index contributed by atoms with van der Waals surface area (Å²) >= 11 is 10.1. The summed E-state index contributed by atoms with van der Waals surface area (Å²) in [5.41, 5.74) is 8.69. The van der Waals surface area contributed by atoms with E-state index >= 15 is 0 Å². The molecule has 2 aliphatic rings. The number of para-hydroxylation sites is 1. The highest BCUT2D eigenvalue weighted by Crippen LogP contribution is 2.30. The molecule has 10 nitrogen and oxygen atoms in total. The Balaban J connectivity index is 1.25. The third kappa shape index (κ3) is 8.25. The van der Waals surface area contributed by atoms with Gasteiger partial charge in [0.2, 0.25) is 5.91 Å². The molecule has 0 spiro atoms. The molecule has 0 radical (unpaired) electrons. The van der Waals surface area contributed by atoms with Crippen LogP contribution in [0, 0.1) is 0 Å².